The molecule has 6 rings (SSSR count). The fourth-order valence-electron chi connectivity index (χ4n) is 4.91. The van der Waals surface area contributed by atoms with Crippen molar-refractivity contribution in [3.05, 3.63) is 59.8 Å². The Kier molecular flexibility index (Phi) is 7.07. The van der Waals surface area contributed by atoms with Gasteiger partial charge in [0.05, 0.1) is 29.5 Å². The molecule has 6 heterocycles. The average molecular weight is 569 g/mol. The van der Waals surface area contributed by atoms with E-state index in [1.165, 1.54) is 11.1 Å². The van der Waals surface area contributed by atoms with Gasteiger partial charge >= 0.3 is 18.2 Å². The zero-order chi connectivity index (χ0) is 28.6. The highest BCUT2D eigenvalue weighted by atomic mass is 19.4. The zero-order valence-corrected chi connectivity index (χ0v) is 22.1. The second kappa shape index (κ2) is 10.8. The van der Waals surface area contributed by atoms with Crippen LogP contribution in [0.3, 0.4) is 0 Å². The van der Waals surface area contributed by atoms with Gasteiger partial charge in [0.2, 0.25) is 5.88 Å². The predicted molar refractivity (Wildman–Crippen MR) is 142 cm³/mol. The first-order valence-corrected chi connectivity index (χ1v) is 13.2. The highest BCUT2D eigenvalue weighted by molar-refractivity contribution is 5.89. The van der Waals surface area contributed by atoms with Gasteiger partial charge in [0, 0.05) is 44.3 Å². The fraction of sp³-hybridized carbons (Fsp3) is 0.370. The summed E-state index contributed by atoms with van der Waals surface area (Å²) in [4.78, 5) is 36.6. The van der Waals surface area contributed by atoms with Gasteiger partial charge in [-0.15, -0.1) is 0 Å². The highest BCUT2D eigenvalue weighted by Gasteiger charge is 2.37. The summed E-state index contributed by atoms with van der Waals surface area (Å²) in [6, 6.07) is 3.93. The minimum Gasteiger partial charge on any atom is -0.474 e. The molecule has 1 saturated heterocycles. The third-order valence-corrected chi connectivity index (χ3v) is 7.18. The molecule has 214 valence electrons. The minimum atomic E-state index is -4.70. The second-order valence-electron chi connectivity index (χ2n) is 10.1. The number of amides is 2. The van der Waals surface area contributed by atoms with Gasteiger partial charge in [-0.3, -0.25) is 0 Å². The minimum absolute atomic E-state index is 0.0798. The maximum atomic E-state index is 13.9. The number of fused-ring (bicyclic) bond motifs is 2. The molecule has 2 aliphatic heterocycles. The van der Waals surface area contributed by atoms with Crippen LogP contribution in [0.5, 0.6) is 17.6 Å². The number of hydrogen-bond donors (Lipinski definition) is 2. The first-order chi connectivity index (χ1) is 19.7. The van der Waals surface area contributed by atoms with Crippen molar-refractivity contribution in [2.24, 2.45) is 0 Å². The summed E-state index contributed by atoms with van der Waals surface area (Å²) in [5, 5.41) is 3.31. The van der Waals surface area contributed by atoms with Gasteiger partial charge in [-0.05, 0) is 44.0 Å². The molecule has 0 aromatic carbocycles. The molecule has 0 aliphatic carbocycles. The van der Waals surface area contributed by atoms with E-state index in [1.54, 1.807) is 24.7 Å². The van der Waals surface area contributed by atoms with Crippen molar-refractivity contribution in [3.63, 3.8) is 0 Å². The topological polar surface area (TPSA) is 121 Å². The molecule has 0 spiro atoms. The normalized spacial score (nSPS) is 16.4. The van der Waals surface area contributed by atoms with Crippen LogP contribution in [-0.4, -0.2) is 73.5 Å². The first-order valence-electron chi connectivity index (χ1n) is 13.2. The number of carbonyl (C=O) groups excluding carboxylic acids is 1. The van der Waals surface area contributed by atoms with E-state index in [9.17, 15) is 18.0 Å². The molecule has 0 bridgehead atoms. The largest absolute Gasteiger partial charge is 0.474 e. The Balaban J connectivity index is 1.14. The summed E-state index contributed by atoms with van der Waals surface area (Å²) in [6.45, 7) is 1.94. The van der Waals surface area contributed by atoms with Gasteiger partial charge in [-0.2, -0.15) is 18.2 Å². The van der Waals surface area contributed by atoms with Crippen LogP contribution in [0.15, 0.2) is 43.0 Å². The van der Waals surface area contributed by atoms with Gasteiger partial charge in [0.25, 0.3) is 0 Å². The van der Waals surface area contributed by atoms with E-state index >= 15 is 0 Å². The molecule has 2 amide bonds. The summed E-state index contributed by atoms with van der Waals surface area (Å²) in [7, 11) is 1.96. The van der Waals surface area contributed by atoms with Crippen LogP contribution in [0.4, 0.5) is 23.7 Å². The Morgan fingerprint density at radius 2 is 1.95 bits per heavy atom. The number of carbonyl (C=O) groups is 1. The Morgan fingerprint density at radius 3 is 2.76 bits per heavy atom. The molecule has 4 aromatic heterocycles. The number of hydrogen-bond acceptors (Lipinski definition) is 8. The number of likely N-dealkylation sites (tertiary alicyclic amines) is 1. The third-order valence-electron chi connectivity index (χ3n) is 7.18. The van der Waals surface area contributed by atoms with Crippen molar-refractivity contribution in [1.82, 2.24) is 34.7 Å². The van der Waals surface area contributed by atoms with Crippen molar-refractivity contribution >= 4 is 22.8 Å². The molecule has 0 radical (unpaired) electrons. The van der Waals surface area contributed by atoms with Crippen LogP contribution in [-0.2, 0) is 19.1 Å². The Hall–Kier alpha value is -4.46. The standard InChI is InChI=1S/C27H27F3N8O3/c1-37-9-5-18(6-10-37)40-24-20(27(28,29)30)12-17(14-33-24)35-26(39)38-11-4-16-13-34-25(36-21(16)15-38)41-22-3-8-32-23-19(22)2-7-31-23/h2-3,7-8,12-14,18H,4-6,9-11,15H2,1H3,(H,31,32)(H,35,39). The highest BCUT2D eigenvalue weighted by Crippen LogP contribution is 2.37. The van der Waals surface area contributed by atoms with E-state index in [2.05, 4.69) is 35.1 Å². The predicted octanol–water partition coefficient (Wildman–Crippen LogP) is 4.62. The summed E-state index contributed by atoms with van der Waals surface area (Å²) in [6.07, 6.45) is 2.84. The summed E-state index contributed by atoms with van der Waals surface area (Å²) in [5.74, 6) is 0.0464. The number of aromatic nitrogens is 5. The molecule has 0 saturated carbocycles. The van der Waals surface area contributed by atoms with Crippen LogP contribution in [0.25, 0.3) is 11.0 Å². The number of nitrogens with zero attached hydrogens (tertiary/aromatic N) is 6. The van der Waals surface area contributed by atoms with Crippen molar-refractivity contribution in [1.29, 1.82) is 0 Å². The van der Waals surface area contributed by atoms with E-state index in [-0.39, 0.29) is 24.3 Å². The fourth-order valence-corrected chi connectivity index (χ4v) is 4.91. The number of piperidine rings is 1. The van der Waals surface area contributed by atoms with Crippen molar-refractivity contribution in [2.45, 2.75) is 38.1 Å². The van der Waals surface area contributed by atoms with Gasteiger partial charge in [0.1, 0.15) is 23.1 Å². The lowest BCUT2D eigenvalue weighted by atomic mass is 10.1. The number of anilines is 1. The maximum Gasteiger partial charge on any atom is 0.421 e. The molecular weight excluding hydrogens is 541 g/mol. The van der Waals surface area contributed by atoms with Gasteiger partial charge < -0.3 is 29.6 Å². The lowest BCUT2D eigenvalue weighted by Gasteiger charge is -2.30. The lowest BCUT2D eigenvalue weighted by molar-refractivity contribution is -0.139. The smallest absolute Gasteiger partial charge is 0.421 e. The Labute approximate surface area is 232 Å². The number of ether oxygens (including phenoxy) is 2. The molecule has 4 aromatic rings. The van der Waals surface area contributed by atoms with Gasteiger partial charge in [-0.25, -0.2) is 19.7 Å². The first kappa shape index (κ1) is 26.7. The van der Waals surface area contributed by atoms with E-state index in [0.717, 1.165) is 30.1 Å². The quantitative estimate of drug-likeness (QED) is 0.358. The number of H-pyrrole nitrogens is 1. The Morgan fingerprint density at radius 1 is 1.12 bits per heavy atom. The zero-order valence-electron chi connectivity index (χ0n) is 22.1. The van der Waals surface area contributed by atoms with Crippen LogP contribution in [0.2, 0.25) is 0 Å². The molecule has 2 N–H and O–H groups in total. The SMILES string of the molecule is CN1CCC(Oc2ncc(NC(=O)N3CCc4cnc(Oc5ccnc6[nH]ccc56)nc4C3)cc2C(F)(F)F)CC1. The molecule has 11 nitrogen and oxygen atoms in total. The summed E-state index contributed by atoms with van der Waals surface area (Å²) >= 11 is 0. The van der Waals surface area contributed by atoms with E-state index < -0.39 is 23.7 Å². The summed E-state index contributed by atoms with van der Waals surface area (Å²) < 4.78 is 53.2. The number of urea groups is 1. The van der Waals surface area contributed by atoms with Crippen molar-refractivity contribution in [3.8, 4) is 17.6 Å². The number of alkyl halides is 3. The van der Waals surface area contributed by atoms with E-state index in [0.29, 0.717) is 42.9 Å². The van der Waals surface area contributed by atoms with Crippen molar-refractivity contribution in [2.75, 3.05) is 32.0 Å². The monoisotopic (exact) mass is 568 g/mol. The van der Waals surface area contributed by atoms with E-state index in [1.807, 2.05) is 13.1 Å². The molecule has 1 fully saturated rings. The number of pyridine rings is 2. The molecule has 0 atom stereocenters. The van der Waals surface area contributed by atoms with Gasteiger partial charge in [0.15, 0.2) is 0 Å². The Bertz CT molecular complexity index is 1570. The third kappa shape index (κ3) is 5.87. The lowest BCUT2D eigenvalue weighted by Crippen LogP contribution is -2.39. The summed E-state index contributed by atoms with van der Waals surface area (Å²) in [5.41, 5.74) is 1.00. The number of aromatic amines is 1. The maximum absolute atomic E-state index is 13.9. The van der Waals surface area contributed by atoms with Crippen molar-refractivity contribution < 1.29 is 27.4 Å². The molecule has 41 heavy (non-hydrogen) atoms. The molecular formula is C27H27F3N8O3. The number of rotatable bonds is 5. The average Bonchev–Trinajstić information content (AvgIpc) is 3.44. The van der Waals surface area contributed by atoms with Gasteiger partial charge in [-0.1, -0.05) is 0 Å². The van der Waals surface area contributed by atoms with Crippen LogP contribution in [0, 0.1) is 0 Å². The van der Waals surface area contributed by atoms with Crippen LogP contribution >= 0.6 is 0 Å². The molecule has 2 aliphatic rings. The number of nitrogens with one attached hydrogen (secondary N) is 2. The van der Waals surface area contributed by atoms with Crippen LogP contribution in [0.1, 0.15) is 29.7 Å². The molecule has 14 heteroatoms. The molecule has 0 unspecified atom stereocenters. The number of halogens is 3. The van der Waals surface area contributed by atoms with E-state index in [4.69, 9.17) is 9.47 Å². The van der Waals surface area contributed by atoms with Crippen LogP contribution < -0.4 is 14.8 Å². The second-order valence-corrected chi connectivity index (χ2v) is 10.1.